The van der Waals surface area contributed by atoms with Crippen molar-refractivity contribution in [3.8, 4) is 17.2 Å². The Hall–Kier alpha value is -2.60. The number of hydrogen-bond acceptors (Lipinski definition) is 6. The molecule has 0 bridgehead atoms. The third-order valence-corrected chi connectivity index (χ3v) is 4.81. The Morgan fingerprint density at radius 2 is 1.88 bits per heavy atom. The van der Waals surface area contributed by atoms with E-state index in [2.05, 4.69) is 10.2 Å². The highest BCUT2D eigenvalue weighted by Gasteiger charge is 2.20. The van der Waals surface area contributed by atoms with Gasteiger partial charge in [0.1, 0.15) is 5.75 Å². The monoisotopic (exact) mass is 368 g/mol. The van der Waals surface area contributed by atoms with Crippen LogP contribution in [-0.2, 0) is 0 Å². The summed E-state index contributed by atoms with van der Waals surface area (Å²) in [5.74, 6) is 1.23. The Morgan fingerprint density at radius 3 is 2.58 bits per heavy atom. The topological polar surface area (TPSA) is 65.2 Å². The first-order valence-corrected chi connectivity index (χ1v) is 9.29. The minimum absolute atomic E-state index is 0.00805. The zero-order valence-corrected chi connectivity index (χ0v) is 15.7. The molecule has 3 aromatic rings. The van der Waals surface area contributed by atoms with E-state index in [4.69, 9.17) is 9.15 Å². The molecule has 0 saturated heterocycles. The molecule has 0 aliphatic heterocycles. The molecule has 2 aromatic carbocycles. The molecule has 0 fully saturated rings. The predicted octanol–water partition coefficient (Wildman–Crippen LogP) is 4.81. The quantitative estimate of drug-likeness (QED) is 0.440. The van der Waals surface area contributed by atoms with E-state index in [1.165, 1.54) is 11.8 Å². The van der Waals surface area contributed by atoms with Gasteiger partial charge in [-0.2, -0.15) is 0 Å². The fraction of sp³-hybridized carbons (Fsp3) is 0.250. The number of aryl methyl sites for hydroxylation is 1. The molecule has 1 aromatic heterocycles. The molecule has 0 aliphatic rings. The van der Waals surface area contributed by atoms with Crippen molar-refractivity contribution < 1.29 is 13.9 Å². The number of rotatable bonds is 7. The molecule has 134 valence electrons. The van der Waals surface area contributed by atoms with E-state index < -0.39 is 0 Å². The van der Waals surface area contributed by atoms with Crippen LogP contribution in [0.5, 0.6) is 5.75 Å². The first-order valence-electron chi connectivity index (χ1n) is 8.41. The smallest absolute Gasteiger partial charge is 0.277 e. The van der Waals surface area contributed by atoms with Crippen molar-refractivity contribution in [3.05, 3.63) is 59.7 Å². The van der Waals surface area contributed by atoms with E-state index in [-0.39, 0.29) is 11.0 Å². The molecule has 1 unspecified atom stereocenters. The fourth-order valence-corrected chi connectivity index (χ4v) is 3.26. The summed E-state index contributed by atoms with van der Waals surface area (Å²) < 4.78 is 11.1. The van der Waals surface area contributed by atoms with E-state index in [0.29, 0.717) is 23.3 Å². The third kappa shape index (κ3) is 4.14. The number of carbonyl (C=O) groups is 1. The molecular formula is C20H20N2O3S. The van der Waals surface area contributed by atoms with Crippen LogP contribution in [0, 0.1) is 6.92 Å². The summed E-state index contributed by atoms with van der Waals surface area (Å²) in [6, 6.07) is 15.0. The molecule has 0 N–H and O–H groups in total. The molecule has 0 spiro atoms. The van der Waals surface area contributed by atoms with Crippen LogP contribution in [-0.4, -0.2) is 27.8 Å². The van der Waals surface area contributed by atoms with Gasteiger partial charge in [0.2, 0.25) is 5.89 Å². The first kappa shape index (κ1) is 18.2. The summed E-state index contributed by atoms with van der Waals surface area (Å²) in [6.45, 7) is 6.35. The molecule has 5 nitrogen and oxygen atoms in total. The number of ether oxygens (including phenoxy) is 1. The Bertz CT molecular complexity index is 890. The number of nitrogens with zero attached hydrogens (tertiary/aromatic N) is 2. The average molecular weight is 368 g/mol. The summed E-state index contributed by atoms with van der Waals surface area (Å²) in [6.07, 6.45) is 0. The van der Waals surface area contributed by atoms with Crippen molar-refractivity contribution in [3.63, 3.8) is 0 Å². The number of hydrogen-bond donors (Lipinski definition) is 0. The summed E-state index contributed by atoms with van der Waals surface area (Å²) in [5, 5.41) is 8.21. The van der Waals surface area contributed by atoms with Crippen molar-refractivity contribution in [1.82, 2.24) is 10.2 Å². The fourth-order valence-electron chi connectivity index (χ4n) is 2.50. The van der Waals surface area contributed by atoms with Crippen molar-refractivity contribution >= 4 is 17.5 Å². The Labute approximate surface area is 156 Å². The van der Waals surface area contributed by atoms with Gasteiger partial charge < -0.3 is 9.15 Å². The maximum atomic E-state index is 12.6. The van der Waals surface area contributed by atoms with E-state index in [0.717, 1.165) is 16.9 Å². The Morgan fingerprint density at radius 1 is 1.15 bits per heavy atom. The molecular weight excluding hydrogens is 348 g/mol. The van der Waals surface area contributed by atoms with Crippen LogP contribution in [0.3, 0.4) is 0 Å². The van der Waals surface area contributed by atoms with Crippen molar-refractivity contribution in [2.45, 2.75) is 31.2 Å². The number of aromatic nitrogens is 2. The van der Waals surface area contributed by atoms with Crippen LogP contribution in [0.1, 0.15) is 29.8 Å². The van der Waals surface area contributed by atoms with Crippen LogP contribution < -0.4 is 4.74 Å². The van der Waals surface area contributed by atoms with Crippen molar-refractivity contribution in [1.29, 1.82) is 0 Å². The number of carbonyl (C=O) groups excluding carboxylic acids is 1. The van der Waals surface area contributed by atoms with Crippen molar-refractivity contribution in [2.24, 2.45) is 0 Å². The lowest BCUT2D eigenvalue weighted by atomic mass is 10.1. The molecule has 3 rings (SSSR count). The van der Waals surface area contributed by atoms with Gasteiger partial charge in [-0.3, -0.25) is 4.79 Å². The second-order valence-corrected chi connectivity index (χ2v) is 7.06. The molecule has 6 heteroatoms. The predicted molar refractivity (Wildman–Crippen MR) is 102 cm³/mol. The van der Waals surface area contributed by atoms with Gasteiger partial charge in [0.15, 0.2) is 5.78 Å². The molecule has 0 saturated carbocycles. The van der Waals surface area contributed by atoms with Crippen LogP contribution in [0.25, 0.3) is 11.5 Å². The maximum Gasteiger partial charge on any atom is 0.277 e. The molecule has 1 heterocycles. The normalized spacial score (nSPS) is 12.0. The lowest BCUT2D eigenvalue weighted by Crippen LogP contribution is -2.13. The van der Waals surface area contributed by atoms with E-state index in [1.807, 2.05) is 45.0 Å². The van der Waals surface area contributed by atoms with Gasteiger partial charge in [0.05, 0.1) is 11.9 Å². The van der Waals surface area contributed by atoms with E-state index in [9.17, 15) is 4.79 Å². The molecule has 0 radical (unpaired) electrons. The molecule has 26 heavy (non-hydrogen) atoms. The van der Waals surface area contributed by atoms with Crippen molar-refractivity contribution in [2.75, 3.05) is 6.61 Å². The number of ketones is 1. The summed E-state index contributed by atoms with van der Waals surface area (Å²) >= 11 is 1.26. The summed E-state index contributed by atoms with van der Waals surface area (Å²) in [7, 11) is 0. The van der Waals surface area contributed by atoms with Gasteiger partial charge in [-0.05, 0) is 56.7 Å². The second kappa shape index (κ2) is 8.19. The average Bonchev–Trinajstić information content (AvgIpc) is 3.10. The maximum absolute atomic E-state index is 12.6. The van der Waals surface area contributed by atoms with Gasteiger partial charge in [0.25, 0.3) is 5.22 Å². The summed E-state index contributed by atoms with van der Waals surface area (Å²) in [5.41, 5.74) is 2.59. The molecule has 0 amide bonds. The Kier molecular flexibility index (Phi) is 5.73. The van der Waals surface area contributed by atoms with Crippen LogP contribution in [0.2, 0.25) is 0 Å². The lowest BCUT2D eigenvalue weighted by molar-refractivity contribution is 0.0993. The number of benzene rings is 2. The van der Waals surface area contributed by atoms with Crippen LogP contribution in [0.4, 0.5) is 0 Å². The highest BCUT2D eigenvalue weighted by atomic mass is 32.2. The van der Waals surface area contributed by atoms with Gasteiger partial charge in [-0.25, -0.2) is 0 Å². The zero-order chi connectivity index (χ0) is 18.5. The van der Waals surface area contributed by atoms with Gasteiger partial charge in [-0.15, -0.1) is 10.2 Å². The number of Topliss-reactive ketones (excluding diaryl/α,β-unsaturated/α-hetero) is 1. The van der Waals surface area contributed by atoms with Gasteiger partial charge in [0, 0.05) is 11.1 Å². The highest BCUT2D eigenvalue weighted by Crippen LogP contribution is 2.29. The molecule has 0 aliphatic carbocycles. The summed E-state index contributed by atoms with van der Waals surface area (Å²) in [4.78, 5) is 12.6. The van der Waals surface area contributed by atoms with Gasteiger partial charge >= 0.3 is 0 Å². The standard InChI is InChI=1S/C20H20N2O3S/c1-4-24-16-11-9-15(10-12-16)18(23)14(3)26-20-22-21-19(25-20)17-8-6-5-7-13(17)2/h5-12,14H,4H2,1-3H3. The first-order chi connectivity index (χ1) is 12.6. The third-order valence-electron chi connectivity index (χ3n) is 3.88. The minimum Gasteiger partial charge on any atom is -0.494 e. The van der Waals surface area contributed by atoms with Crippen LogP contribution >= 0.6 is 11.8 Å². The highest BCUT2D eigenvalue weighted by molar-refractivity contribution is 8.00. The SMILES string of the molecule is CCOc1ccc(C(=O)C(C)Sc2nnc(-c3ccccc3C)o2)cc1. The lowest BCUT2D eigenvalue weighted by Gasteiger charge is -2.08. The van der Waals surface area contributed by atoms with E-state index >= 15 is 0 Å². The second-order valence-electron chi connectivity index (χ2n) is 5.77. The van der Waals surface area contributed by atoms with Gasteiger partial charge in [-0.1, -0.05) is 30.0 Å². The Balaban J connectivity index is 1.69. The zero-order valence-electron chi connectivity index (χ0n) is 14.9. The molecule has 1 atom stereocenters. The number of thioether (sulfide) groups is 1. The van der Waals surface area contributed by atoms with E-state index in [1.54, 1.807) is 24.3 Å². The largest absolute Gasteiger partial charge is 0.494 e. The minimum atomic E-state index is -0.335. The van der Waals surface area contributed by atoms with Crippen LogP contribution in [0.15, 0.2) is 58.2 Å².